The van der Waals surface area contributed by atoms with Gasteiger partial charge in [0.2, 0.25) is 0 Å². The van der Waals surface area contributed by atoms with Crippen LogP contribution >= 0.6 is 0 Å². The standard InChI is InChI=1S/C13H26N2O4S/c1-11(2)12(5-6-13(16)17)7-8-14-20(18,19)15-9-3-4-10-15/h11-12,14H,3-10H2,1-2H3,(H,16,17). The number of carboxylic acids is 1. The van der Waals surface area contributed by atoms with Crippen molar-refractivity contribution in [3.8, 4) is 0 Å². The van der Waals surface area contributed by atoms with Crippen LogP contribution in [-0.2, 0) is 15.0 Å². The number of aliphatic carboxylic acids is 1. The van der Waals surface area contributed by atoms with E-state index >= 15 is 0 Å². The average molecular weight is 306 g/mol. The van der Waals surface area contributed by atoms with Crippen molar-refractivity contribution in [1.82, 2.24) is 9.03 Å². The quantitative estimate of drug-likeness (QED) is 0.675. The van der Waals surface area contributed by atoms with Crippen molar-refractivity contribution in [2.24, 2.45) is 11.8 Å². The molecule has 1 heterocycles. The maximum absolute atomic E-state index is 12.0. The van der Waals surface area contributed by atoms with E-state index in [1.807, 2.05) is 13.8 Å². The molecular formula is C13H26N2O4S. The zero-order valence-electron chi connectivity index (χ0n) is 12.3. The zero-order chi connectivity index (χ0) is 15.2. The van der Waals surface area contributed by atoms with Crippen molar-refractivity contribution >= 4 is 16.2 Å². The Morgan fingerprint density at radius 2 is 1.85 bits per heavy atom. The normalized spacial score (nSPS) is 18.6. The van der Waals surface area contributed by atoms with E-state index in [0.717, 1.165) is 12.8 Å². The van der Waals surface area contributed by atoms with Crippen molar-refractivity contribution < 1.29 is 18.3 Å². The number of hydrogen-bond acceptors (Lipinski definition) is 3. The number of nitrogens with one attached hydrogen (secondary N) is 1. The van der Waals surface area contributed by atoms with Gasteiger partial charge in [0.15, 0.2) is 0 Å². The Balaban J connectivity index is 2.37. The molecule has 0 aliphatic carbocycles. The van der Waals surface area contributed by atoms with Gasteiger partial charge in [0.25, 0.3) is 10.2 Å². The van der Waals surface area contributed by atoms with Crippen LogP contribution in [0.25, 0.3) is 0 Å². The van der Waals surface area contributed by atoms with E-state index in [1.54, 1.807) is 0 Å². The number of carboxylic acid groups (broad SMARTS) is 1. The highest BCUT2D eigenvalue weighted by molar-refractivity contribution is 7.87. The molecule has 0 spiro atoms. The topological polar surface area (TPSA) is 86.7 Å². The summed E-state index contributed by atoms with van der Waals surface area (Å²) in [7, 11) is -3.35. The van der Waals surface area contributed by atoms with Gasteiger partial charge in [-0.25, -0.2) is 4.72 Å². The van der Waals surface area contributed by atoms with E-state index < -0.39 is 16.2 Å². The fourth-order valence-corrected chi connectivity index (χ4v) is 3.81. The van der Waals surface area contributed by atoms with E-state index in [1.165, 1.54) is 4.31 Å². The molecule has 0 radical (unpaired) electrons. The lowest BCUT2D eigenvalue weighted by Crippen LogP contribution is -2.39. The summed E-state index contributed by atoms with van der Waals surface area (Å²) < 4.78 is 28.0. The molecule has 0 aromatic heterocycles. The van der Waals surface area contributed by atoms with Crippen molar-refractivity contribution in [2.75, 3.05) is 19.6 Å². The summed E-state index contributed by atoms with van der Waals surface area (Å²) in [6.07, 6.45) is 3.26. The lowest BCUT2D eigenvalue weighted by atomic mass is 9.88. The van der Waals surface area contributed by atoms with Crippen LogP contribution in [0.3, 0.4) is 0 Å². The molecule has 1 rings (SSSR count). The molecule has 0 aromatic carbocycles. The van der Waals surface area contributed by atoms with E-state index in [-0.39, 0.29) is 12.3 Å². The van der Waals surface area contributed by atoms with Crippen LogP contribution in [0, 0.1) is 11.8 Å². The summed E-state index contributed by atoms with van der Waals surface area (Å²) in [5.41, 5.74) is 0. The first kappa shape index (κ1) is 17.4. The molecule has 20 heavy (non-hydrogen) atoms. The predicted octanol–water partition coefficient (Wildman–Crippen LogP) is 1.44. The summed E-state index contributed by atoms with van der Waals surface area (Å²) in [5, 5.41) is 8.72. The molecule has 7 heteroatoms. The van der Waals surface area contributed by atoms with E-state index in [9.17, 15) is 13.2 Å². The minimum Gasteiger partial charge on any atom is -0.481 e. The van der Waals surface area contributed by atoms with Gasteiger partial charge in [0.05, 0.1) is 0 Å². The fraction of sp³-hybridized carbons (Fsp3) is 0.923. The highest BCUT2D eigenvalue weighted by Crippen LogP contribution is 2.21. The Bertz CT molecular complexity index is 403. The monoisotopic (exact) mass is 306 g/mol. The van der Waals surface area contributed by atoms with Crippen molar-refractivity contribution in [1.29, 1.82) is 0 Å². The van der Waals surface area contributed by atoms with Crippen LogP contribution in [0.4, 0.5) is 0 Å². The van der Waals surface area contributed by atoms with Gasteiger partial charge >= 0.3 is 5.97 Å². The Hall–Kier alpha value is -0.660. The minimum atomic E-state index is -3.35. The van der Waals surface area contributed by atoms with Gasteiger partial charge in [0, 0.05) is 26.1 Å². The van der Waals surface area contributed by atoms with Gasteiger partial charge < -0.3 is 5.11 Å². The molecule has 1 aliphatic heterocycles. The lowest BCUT2D eigenvalue weighted by Gasteiger charge is -2.21. The smallest absolute Gasteiger partial charge is 0.303 e. The first-order valence-corrected chi connectivity index (χ1v) is 8.73. The number of rotatable bonds is 9. The number of carbonyl (C=O) groups is 1. The first-order valence-electron chi connectivity index (χ1n) is 7.29. The second kappa shape index (κ2) is 7.95. The molecule has 1 unspecified atom stereocenters. The van der Waals surface area contributed by atoms with Crippen LogP contribution in [-0.4, -0.2) is 43.4 Å². The van der Waals surface area contributed by atoms with Crippen LogP contribution in [0.15, 0.2) is 0 Å². The largest absolute Gasteiger partial charge is 0.481 e. The number of nitrogens with zero attached hydrogens (tertiary/aromatic N) is 1. The molecule has 118 valence electrons. The molecular weight excluding hydrogens is 280 g/mol. The van der Waals surface area contributed by atoms with Gasteiger partial charge in [-0.2, -0.15) is 12.7 Å². The summed E-state index contributed by atoms with van der Waals surface area (Å²) in [6.45, 7) is 5.66. The van der Waals surface area contributed by atoms with Crippen LogP contribution in [0.1, 0.15) is 46.0 Å². The van der Waals surface area contributed by atoms with Gasteiger partial charge in [0.1, 0.15) is 0 Å². The SMILES string of the molecule is CC(C)C(CCNS(=O)(=O)N1CCCC1)CCC(=O)O. The molecule has 1 saturated heterocycles. The molecule has 1 atom stereocenters. The lowest BCUT2D eigenvalue weighted by molar-refractivity contribution is -0.137. The summed E-state index contributed by atoms with van der Waals surface area (Å²) >= 11 is 0. The maximum Gasteiger partial charge on any atom is 0.303 e. The minimum absolute atomic E-state index is 0.141. The van der Waals surface area contributed by atoms with E-state index in [4.69, 9.17) is 5.11 Å². The molecule has 0 amide bonds. The van der Waals surface area contributed by atoms with Gasteiger partial charge in [-0.3, -0.25) is 4.79 Å². The molecule has 6 nitrogen and oxygen atoms in total. The maximum atomic E-state index is 12.0. The van der Waals surface area contributed by atoms with Crippen LogP contribution in [0.2, 0.25) is 0 Å². The Morgan fingerprint density at radius 3 is 2.35 bits per heavy atom. The first-order chi connectivity index (χ1) is 9.33. The fourth-order valence-electron chi connectivity index (χ4n) is 2.51. The number of hydrogen-bond donors (Lipinski definition) is 2. The van der Waals surface area contributed by atoms with Crippen molar-refractivity contribution in [2.45, 2.75) is 46.0 Å². The third kappa shape index (κ3) is 5.76. The second-order valence-corrected chi connectivity index (χ2v) is 7.49. The third-order valence-corrected chi connectivity index (χ3v) is 5.49. The molecule has 0 bridgehead atoms. The van der Waals surface area contributed by atoms with E-state index in [0.29, 0.717) is 38.4 Å². The highest BCUT2D eigenvalue weighted by Gasteiger charge is 2.25. The van der Waals surface area contributed by atoms with Gasteiger partial charge in [-0.1, -0.05) is 13.8 Å². The van der Waals surface area contributed by atoms with Gasteiger partial charge in [-0.05, 0) is 37.5 Å². The molecule has 1 fully saturated rings. The molecule has 0 aromatic rings. The molecule has 2 N–H and O–H groups in total. The average Bonchev–Trinajstić information content (AvgIpc) is 2.87. The zero-order valence-corrected chi connectivity index (χ0v) is 13.2. The summed E-state index contributed by atoms with van der Waals surface area (Å²) in [4.78, 5) is 10.6. The Morgan fingerprint density at radius 1 is 1.25 bits per heavy atom. The predicted molar refractivity (Wildman–Crippen MR) is 77.5 cm³/mol. The molecule has 1 aliphatic rings. The van der Waals surface area contributed by atoms with Gasteiger partial charge in [-0.15, -0.1) is 0 Å². The van der Waals surface area contributed by atoms with Crippen LogP contribution in [0.5, 0.6) is 0 Å². The van der Waals surface area contributed by atoms with Crippen molar-refractivity contribution in [3.63, 3.8) is 0 Å². The highest BCUT2D eigenvalue weighted by atomic mass is 32.2. The Kier molecular flexibility index (Phi) is 6.91. The van der Waals surface area contributed by atoms with E-state index in [2.05, 4.69) is 4.72 Å². The second-order valence-electron chi connectivity index (χ2n) is 5.73. The summed E-state index contributed by atoms with van der Waals surface area (Å²) in [6, 6.07) is 0. The van der Waals surface area contributed by atoms with Crippen molar-refractivity contribution in [3.05, 3.63) is 0 Å². The third-order valence-electron chi connectivity index (χ3n) is 3.88. The van der Waals surface area contributed by atoms with Crippen LogP contribution < -0.4 is 4.72 Å². The molecule has 0 saturated carbocycles. The Labute approximate surface area is 121 Å². The summed E-state index contributed by atoms with van der Waals surface area (Å²) in [5.74, 6) is -0.216.